The van der Waals surface area contributed by atoms with E-state index in [1.165, 1.54) is 129 Å². The molecule has 0 amide bonds. The highest BCUT2D eigenvalue weighted by Gasteiger charge is 2.30. The molecule has 0 saturated carbocycles. The van der Waals surface area contributed by atoms with Crippen LogP contribution in [-0.2, 0) is 0 Å². The highest BCUT2D eigenvalue weighted by Crippen LogP contribution is 2.52. The summed E-state index contributed by atoms with van der Waals surface area (Å²) in [6.07, 6.45) is 0. The van der Waals surface area contributed by atoms with Crippen LogP contribution in [0.1, 0.15) is 0 Å². The molecular formula is C94H50N8S2. The molecule has 0 aliphatic heterocycles. The molecule has 0 aliphatic carbocycles. The molecule has 15 aromatic carbocycles. The Morgan fingerprint density at radius 3 is 1.12 bits per heavy atom. The third-order valence-electron chi connectivity index (χ3n) is 22.6. The van der Waals surface area contributed by atoms with Crippen LogP contribution in [-0.4, -0.2) is 37.9 Å². The van der Waals surface area contributed by atoms with Crippen LogP contribution >= 0.6 is 22.7 Å². The van der Waals surface area contributed by atoms with E-state index < -0.39 is 0 Å². The van der Waals surface area contributed by atoms with E-state index in [-0.39, 0.29) is 0 Å². The Hall–Kier alpha value is -13.4. The molecule has 10 heteroatoms. The molecule has 0 fully saturated rings. The Kier molecular flexibility index (Phi) is 10.8. The fraction of sp³-hybridized carbons (Fsp3) is 0. The lowest BCUT2D eigenvalue weighted by Gasteiger charge is -2.11. The quantitative estimate of drug-likeness (QED) is 0.166. The monoisotopic (exact) mass is 1350 g/mol. The first-order valence-corrected chi connectivity index (χ1v) is 37.0. The summed E-state index contributed by atoms with van der Waals surface area (Å²) in [5.41, 5.74) is 21.8. The zero-order valence-corrected chi connectivity index (χ0v) is 56.9. The normalized spacial score (nSPS) is 12.6. The average Bonchev–Trinajstić information content (AvgIpc) is 1.52. The average molecular weight is 1360 g/mol. The number of aromatic nitrogens is 8. The summed E-state index contributed by atoms with van der Waals surface area (Å²) in [4.78, 5) is 23.1. The molecule has 0 unspecified atom stereocenters. The Bertz CT molecular complexity index is 8090. The summed E-state index contributed by atoms with van der Waals surface area (Å²) < 4.78 is 14.2. The number of thiophene rings is 2. The van der Waals surface area contributed by atoms with Crippen molar-refractivity contribution in [2.24, 2.45) is 0 Å². The van der Waals surface area contributed by atoms with Crippen LogP contribution in [0.25, 0.3) is 239 Å². The van der Waals surface area contributed by atoms with E-state index in [2.05, 4.69) is 321 Å². The second-order valence-corrected chi connectivity index (χ2v) is 30.0. The fourth-order valence-electron chi connectivity index (χ4n) is 18.2. The summed E-state index contributed by atoms with van der Waals surface area (Å²) in [5, 5.41) is 21.5. The highest BCUT2D eigenvalue weighted by molar-refractivity contribution is 7.26. The van der Waals surface area contributed by atoms with Gasteiger partial charge in [-0.15, -0.1) is 22.7 Å². The van der Waals surface area contributed by atoms with E-state index in [4.69, 9.17) is 19.9 Å². The lowest BCUT2D eigenvalue weighted by atomic mass is 9.97. The van der Waals surface area contributed by atoms with E-state index in [1.54, 1.807) is 22.7 Å². The summed E-state index contributed by atoms with van der Waals surface area (Å²) >= 11 is 3.54. The Morgan fingerprint density at radius 1 is 0.221 bits per heavy atom. The molecule has 104 heavy (non-hydrogen) atoms. The highest BCUT2D eigenvalue weighted by atomic mass is 32.1. The molecule has 478 valence electrons. The minimum absolute atomic E-state index is 0.638. The zero-order valence-electron chi connectivity index (χ0n) is 55.3. The molecule has 0 saturated heterocycles. The summed E-state index contributed by atoms with van der Waals surface area (Å²) in [5.74, 6) is 1.28. The van der Waals surface area contributed by atoms with Crippen LogP contribution in [0.4, 0.5) is 0 Å². The van der Waals surface area contributed by atoms with E-state index in [0.717, 1.165) is 98.0 Å². The van der Waals surface area contributed by atoms with Gasteiger partial charge in [-0.1, -0.05) is 237 Å². The molecule has 25 aromatic rings. The van der Waals surface area contributed by atoms with Crippen LogP contribution in [0.5, 0.6) is 0 Å². The van der Waals surface area contributed by atoms with Crippen molar-refractivity contribution in [2.45, 2.75) is 0 Å². The number of hydrogen-bond donors (Lipinski definition) is 0. The third kappa shape index (κ3) is 7.24. The first-order valence-electron chi connectivity index (χ1n) is 35.3. The molecule has 8 nitrogen and oxygen atoms in total. The lowest BCUT2D eigenvalue weighted by molar-refractivity contribution is 1.02. The smallest absolute Gasteiger partial charge is 0.235 e. The number of hydrogen-bond acceptors (Lipinski definition) is 6. The Morgan fingerprint density at radius 2 is 0.596 bits per heavy atom. The van der Waals surface area contributed by atoms with Crippen LogP contribution in [0.15, 0.2) is 303 Å². The van der Waals surface area contributed by atoms with Crippen molar-refractivity contribution in [2.75, 3.05) is 0 Å². The number of benzene rings is 15. The molecule has 10 heterocycles. The standard InChI is InChI=1S/C94H50N8S2/c1-2-18-51(19-3-1)52-34-38-56(39-35-52)85-91-87(64-27-11-16-32-77(64)103-91)98-94(95-85)102-74-47-43-55-21-5-7-23-60(55)80(74)84-76(102)50-67-62-25-9-14-30-70(62)100-72-45-44-58(48-68(72)82(84)90(67)100)53-36-40-57(41-37-53)86-92-88(65-28-12-17-33-78(65)104-92)97-93(96-86)101-73-46-42-54-20-4-6-22-59(54)79(73)83-75(101)49-66-61-24-8-13-29-69(61)99-71-31-15-10-26-63(71)81(83)89(66)99/h1-50H. The molecule has 0 N–H and O–H groups in total. The van der Waals surface area contributed by atoms with Gasteiger partial charge in [0.25, 0.3) is 0 Å². The molecule has 0 bridgehead atoms. The van der Waals surface area contributed by atoms with Gasteiger partial charge in [-0.05, 0) is 111 Å². The molecule has 0 spiro atoms. The minimum atomic E-state index is 0.638. The van der Waals surface area contributed by atoms with Gasteiger partial charge in [-0.25, -0.2) is 19.9 Å². The fourth-order valence-corrected chi connectivity index (χ4v) is 20.5. The maximum absolute atomic E-state index is 5.85. The molecular weight excluding hydrogens is 1310 g/mol. The predicted octanol–water partition coefficient (Wildman–Crippen LogP) is 25.5. The zero-order chi connectivity index (χ0) is 67.3. The minimum Gasteiger partial charge on any atom is -0.308 e. The number of para-hydroxylation sites is 3. The second kappa shape index (κ2) is 20.2. The molecule has 10 aromatic heterocycles. The topological polar surface area (TPSA) is 70.2 Å². The van der Waals surface area contributed by atoms with Crippen molar-refractivity contribution in [1.29, 1.82) is 0 Å². The molecule has 25 rings (SSSR count). The van der Waals surface area contributed by atoms with Crippen molar-refractivity contribution >= 4 is 205 Å². The van der Waals surface area contributed by atoms with E-state index >= 15 is 0 Å². The maximum atomic E-state index is 5.85. The van der Waals surface area contributed by atoms with E-state index in [9.17, 15) is 0 Å². The van der Waals surface area contributed by atoms with Crippen LogP contribution < -0.4 is 0 Å². The Balaban J connectivity index is 0.713. The van der Waals surface area contributed by atoms with Gasteiger partial charge in [0, 0.05) is 95.9 Å². The van der Waals surface area contributed by atoms with Crippen molar-refractivity contribution in [3.8, 4) is 56.7 Å². The van der Waals surface area contributed by atoms with E-state index in [1.807, 2.05) is 0 Å². The summed E-state index contributed by atoms with van der Waals surface area (Å²) in [6, 6.07) is 112. The predicted molar refractivity (Wildman–Crippen MR) is 438 cm³/mol. The molecule has 0 radical (unpaired) electrons. The Labute approximate surface area is 598 Å². The van der Waals surface area contributed by atoms with Crippen LogP contribution in [0, 0.1) is 0 Å². The van der Waals surface area contributed by atoms with Crippen molar-refractivity contribution in [3.05, 3.63) is 303 Å². The lowest BCUT2D eigenvalue weighted by Crippen LogP contribution is -2.02. The number of rotatable bonds is 6. The SMILES string of the molecule is c1ccc(-c2ccc(-c3nc(-n4c5ccc6ccccc6c5c5c6c7cc(-c8ccc(-c9nc(-n%10c%11ccc%12ccccc%12c%11c%11c%12c%13ccccc%13n%13c%14ccccc%14c(cc%11%10)c%12%13)nc%10c9sc9ccccc9%10)cc8)ccc7n7c8ccccc8c(cc54)c67)nc4c3sc3ccccc34)cc2)cc1. The first-order chi connectivity index (χ1) is 51.6. The maximum Gasteiger partial charge on any atom is 0.235 e. The molecule has 0 aliphatic rings. The number of fused-ring (bicyclic) bond motifs is 30. The van der Waals surface area contributed by atoms with Gasteiger partial charge in [-0.3, -0.25) is 9.13 Å². The van der Waals surface area contributed by atoms with Gasteiger partial charge in [0.1, 0.15) is 0 Å². The van der Waals surface area contributed by atoms with Gasteiger partial charge >= 0.3 is 0 Å². The van der Waals surface area contributed by atoms with Crippen LogP contribution in [0.3, 0.4) is 0 Å². The van der Waals surface area contributed by atoms with Gasteiger partial charge in [0.2, 0.25) is 11.9 Å². The van der Waals surface area contributed by atoms with Crippen molar-refractivity contribution in [3.63, 3.8) is 0 Å². The first kappa shape index (κ1) is 55.4. The third-order valence-corrected chi connectivity index (χ3v) is 25.0. The van der Waals surface area contributed by atoms with Crippen molar-refractivity contribution < 1.29 is 0 Å². The van der Waals surface area contributed by atoms with Gasteiger partial charge in [0.05, 0.1) is 87.0 Å². The van der Waals surface area contributed by atoms with Gasteiger partial charge in [-0.2, -0.15) is 0 Å². The second-order valence-electron chi connectivity index (χ2n) is 27.9. The summed E-state index contributed by atoms with van der Waals surface area (Å²) in [6.45, 7) is 0. The van der Waals surface area contributed by atoms with Crippen molar-refractivity contribution in [1.82, 2.24) is 37.9 Å². The largest absolute Gasteiger partial charge is 0.308 e. The molecule has 0 atom stereocenters. The van der Waals surface area contributed by atoms with E-state index in [0.29, 0.717) is 11.9 Å². The summed E-state index contributed by atoms with van der Waals surface area (Å²) in [7, 11) is 0. The van der Waals surface area contributed by atoms with Crippen LogP contribution in [0.2, 0.25) is 0 Å². The van der Waals surface area contributed by atoms with Gasteiger partial charge < -0.3 is 8.80 Å². The van der Waals surface area contributed by atoms with Gasteiger partial charge in [0.15, 0.2) is 0 Å². The number of nitrogens with zero attached hydrogens (tertiary/aromatic N) is 8.